The van der Waals surface area contributed by atoms with Crippen molar-refractivity contribution in [2.24, 2.45) is 0 Å². The molecular weight excluding hydrogens is 414 g/mol. The van der Waals surface area contributed by atoms with Gasteiger partial charge in [0.05, 0.1) is 16.3 Å². The highest BCUT2D eigenvalue weighted by atomic mass is 32.2. The van der Waals surface area contributed by atoms with Gasteiger partial charge >= 0.3 is 0 Å². The first-order valence-corrected chi connectivity index (χ1v) is 11.6. The van der Waals surface area contributed by atoms with Crippen LogP contribution >= 0.6 is 23.1 Å². The summed E-state index contributed by atoms with van der Waals surface area (Å²) in [6.07, 6.45) is 0. The first-order chi connectivity index (χ1) is 13.4. The van der Waals surface area contributed by atoms with Crippen molar-refractivity contribution in [3.63, 3.8) is 0 Å². The maximum atomic E-state index is 12.2. The maximum absolute atomic E-state index is 12.2. The third-order valence-corrected chi connectivity index (χ3v) is 7.65. The van der Waals surface area contributed by atoms with Gasteiger partial charge in [0.15, 0.2) is 4.34 Å². The number of amides is 1. The molecule has 2 aromatic carbocycles. The summed E-state index contributed by atoms with van der Waals surface area (Å²) in [5.74, 6) is 0.0455. The number of hydrogen-bond donors (Lipinski definition) is 1. The molecule has 0 spiro atoms. The molecule has 0 saturated heterocycles. The number of thiazole rings is 1. The number of hydrogen-bond acceptors (Lipinski definition) is 6. The van der Waals surface area contributed by atoms with Crippen molar-refractivity contribution in [2.45, 2.75) is 9.24 Å². The van der Waals surface area contributed by atoms with E-state index in [0.29, 0.717) is 5.69 Å². The van der Waals surface area contributed by atoms with Gasteiger partial charge in [0.1, 0.15) is 0 Å². The van der Waals surface area contributed by atoms with Crippen LogP contribution in [-0.4, -0.2) is 43.5 Å². The summed E-state index contributed by atoms with van der Waals surface area (Å²) in [5, 5.41) is 4.74. The first kappa shape index (κ1) is 20.5. The SMILES string of the molecule is CN(C)S(=O)(=O)c1ccc(NC(=O)CSc2nc(-c3ccccc3)cs2)cc1. The first-order valence-electron chi connectivity index (χ1n) is 8.32. The number of nitrogens with one attached hydrogen (secondary N) is 1. The number of benzene rings is 2. The molecule has 1 amide bonds. The van der Waals surface area contributed by atoms with Gasteiger partial charge in [-0.15, -0.1) is 11.3 Å². The third-order valence-electron chi connectivity index (χ3n) is 3.80. The molecule has 0 aliphatic rings. The fourth-order valence-corrected chi connectivity index (χ4v) is 4.85. The Bertz CT molecular complexity index is 1050. The molecule has 1 N–H and O–H groups in total. The predicted octanol–water partition coefficient (Wildman–Crippen LogP) is 3.79. The molecule has 0 saturated carbocycles. The second kappa shape index (κ2) is 8.87. The molecule has 1 heterocycles. The summed E-state index contributed by atoms with van der Waals surface area (Å²) >= 11 is 2.87. The van der Waals surface area contributed by atoms with Gasteiger partial charge in [-0.25, -0.2) is 17.7 Å². The summed E-state index contributed by atoms with van der Waals surface area (Å²) in [7, 11) is -0.527. The summed E-state index contributed by atoms with van der Waals surface area (Å²) in [4.78, 5) is 16.9. The highest BCUT2D eigenvalue weighted by Crippen LogP contribution is 2.28. The van der Waals surface area contributed by atoms with E-state index in [1.165, 1.54) is 49.3 Å². The summed E-state index contributed by atoms with van der Waals surface area (Å²) in [6.45, 7) is 0. The van der Waals surface area contributed by atoms with Crippen molar-refractivity contribution >= 4 is 44.7 Å². The van der Waals surface area contributed by atoms with E-state index in [0.717, 1.165) is 19.9 Å². The van der Waals surface area contributed by atoms with Gasteiger partial charge in [-0.05, 0) is 24.3 Å². The fourth-order valence-electron chi connectivity index (χ4n) is 2.31. The second-order valence-corrected chi connectivity index (χ2v) is 10.2. The lowest BCUT2D eigenvalue weighted by Crippen LogP contribution is -2.22. The molecule has 28 heavy (non-hydrogen) atoms. The van der Waals surface area contributed by atoms with E-state index in [-0.39, 0.29) is 16.6 Å². The normalized spacial score (nSPS) is 11.5. The molecule has 6 nitrogen and oxygen atoms in total. The van der Waals surface area contributed by atoms with E-state index in [2.05, 4.69) is 10.3 Å². The topological polar surface area (TPSA) is 79.4 Å². The fraction of sp³-hybridized carbons (Fsp3) is 0.158. The molecule has 0 unspecified atom stereocenters. The van der Waals surface area contributed by atoms with E-state index >= 15 is 0 Å². The Hall–Kier alpha value is -2.20. The highest BCUT2D eigenvalue weighted by molar-refractivity contribution is 8.01. The zero-order valence-corrected chi connectivity index (χ0v) is 17.8. The molecule has 146 valence electrons. The van der Waals surface area contributed by atoms with Gasteiger partial charge in [0.2, 0.25) is 15.9 Å². The average molecular weight is 434 g/mol. The zero-order chi connectivity index (χ0) is 20.1. The number of carbonyl (C=O) groups is 1. The van der Waals surface area contributed by atoms with Crippen LogP contribution in [0.5, 0.6) is 0 Å². The Morgan fingerprint density at radius 2 is 1.79 bits per heavy atom. The summed E-state index contributed by atoms with van der Waals surface area (Å²) < 4.78 is 26.1. The Kier molecular flexibility index (Phi) is 6.50. The number of aromatic nitrogens is 1. The van der Waals surface area contributed by atoms with Gasteiger partial charge in [0, 0.05) is 30.7 Å². The van der Waals surface area contributed by atoms with Crippen LogP contribution in [-0.2, 0) is 14.8 Å². The van der Waals surface area contributed by atoms with E-state index in [9.17, 15) is 13.2 Å². The summed E-state index contributed by atoms with van der Waals surface area (Å²) in [5.41, 5.74) is 2.49. The van der Waals surface area contributed by atoms with Crippen LogP contribution < -0.4 is 5.32 Å². The van der Waals surface area contributed by atoms with Crippen LogP contribution in [0.15, 0.2) is 69.2 Å². The smallest absolute Gasteiger partial charge is 0.242 e. The molecule has 0 fully saturated rings. The Balaban J connectivity index is 1.56. The predicted molar refractivity (Wildman–Crippen MR) is 114 cm³/mol. The molecule has 9 heteroatoms. The Labute approximate surface area is 172 Å². The third kappa shape index (κ3) is 4.99. The van der Waals surface area contributed by atoms with Gasteiger partial charge in [-0.2, -0.15) is 0 Å². The van der Waals surface area contributed by atoms with Crippen LogP contribution in [0.3, 0.4) is 0 Å². The van der Waals surface area contributed by atoms with Crippen LogP contribution in [0.25, 0.3) is 11.3 Å². The molecule has 0 bridgehead atoms. The lowest BCUT2D eigenvalue weighted by atomic mass is 10.2. The van der Waals surface area contributed by atoms with Crippen LogP contribution in [0.1, 0.15) is 0 Å². The minimum atomic E-state index is -3.48. The van der Waals surface area contributed by atoms with Crippen molar-refractivity contribution in [2.75, 3.05) is 25.2 Å². The van der Waals surface area contributed by atoms with E-state index in [1.54, 1.807) is 12.1 Å². The van der Waals surface area contributed by atoms with Gasteiger partial charge in [-0.1, -0.05) is 42.1 Å². The number of anilines is 1. The molecule has 0 aliphatic heterocycles. The summed E-state index contributed by atoms with van der Waals surface area (Å²) in [6, 6.07) is 16.0. The molecule has 3 aromatic rings. The molecule has 0 atom stereocenters. The highest BCUT2D eigenvalue weighted by Gasteiger charge is 2.16. The van der Waals surface area contributed by atoms with Crippen molar-refractivity contribution < 1.29 is 13.2 Å². The number of thioether (sulfide) groups is 1. The van der Waals surface area contributed by atoms with Gasteiger partial charge < -0.3 is 5.32 Å². The standard InChI is InChI=1S/C19H19N3O3S3/c1-22(2)28(24,25)16-10-8-15(9-11-16)20-18(23)13-27-19-21-17(12-26-19)14-6-4-3-5-7-14/h3-12H,13H2,1-2H3,(H,20,23). The van der Waals surface area contributed by atoms with Crippen molar-refractivity contribution in [1.82, 2.24) is 9.29 Å². The second-order valence-electron chi connectivity index (χ2n) is 6.01. The van der Waals surface area contributed by atoms with Crippen molar-refractivity contribution in [3.8, 4) is 11.3 Å². The molecule has 3 rings (SSSR count). The van der Waals surface area contributed by atoms with Gasteiger partial charge in [0.25, 0.3) is 0 Å². The zero-order valence-electron chi connectivity index (χ0n) is 15.3. The Morgan fingerprint density at radius 1 is 1.11 bits per heavy atom. The van der Waals surface area contributed by atoms with Crippen molar-refractivity contribution in [1.29, 1.82) is 0 Å². The lowest BCUT2D eigenvalue weighted by molar-refractivity contribution is -0.113. The molecule has 0 aliphatic carbocycles. The van der Waals surface area contributed by atoms with Crippen LogP contribution in [0, 0.1) is 0 Å². The number of sulfonamides is 1. The van der Waals surface area contributed by atoms with Crippen molar-refractivity contribution in [3.05, 3.63) is 60.0 Å². The van der Waals surface area contributed by atoms with E-state index in [4.69, 9.17) is 0 Å². The molecule has 0 radical (unpaired) electrons. The minimum Gasteiger partial charge on any atom is -0.325 e. The maximum Gasteiger partial charge on any atom is 0.242 e. The quantitative estimate of drug-likeness (QED) is 0.574. The monoisotopic (exact) mass is 433 g/mol. The minimum absolute atomic E-state index is 0.176. The van der Waals surface area contributed by atoms with E-state index in [1.807, 2.05) is 35.7 Å². The number of nitrogens with zero attached hydrogens (tertiary/aromatic N) is 2. The van der Waals surface area contributed by atoms with Crippen LogP contribution in [0.2, 0.25) is 0 Å². The Morgan fingerprint density at radius 3 is 2.43 bits per heavy atom. The van der Waals surface area contributed by atoms with Crippen LogP contribution in [0.4, 0.5) is 5.69 Å². The van der Waals surface area contributed by atoms with E-state index < -0.39 is 10.0 Å². The van der Waals surface area contributed by atoms with Gasteiger partial charge in [-0.3, -0.25) is 4.79 Å². The number of rotatable bonds is 7. The average Bonchev–Trinajstić information content (AvgIpc) is 3.16. The molecular formula is C19H19N3O3S3. The number of carbonyl (C=O) groups excluding carboxylic acids is 1. The molecule has 1 aromatic heterocycles. The largest absolute Gasteiger partial charge is 0.325 e. The lowest BCUT2D eigenvalue weighted by Gasteiger charge is -2.11.